The molecule has 2 aromatic rings. The van der Waals surface area contributed by atoms with E-state index >= 15 is 0 Å². The number of carbonyl (C=O) groups is 1. The molecule has 0 fully saturated rings. The number of nitrogens with one attached hydrogen (secondary N) is 1. The maximum absolute atomic E-state index is 12.0. The molecular weight excluding hydrogens is 248 g/mol. The van der Waals surface area contributed by atoms with Crippen molar-refractivity contribution in [1.82, 2.24) is 0 Å². The lowest BCUT2D eigenvalue weighted by Crippen LogP contribution is -2.13. The fourth-order valence-electron chi connectivity index (χ4n) is 1.58. The number of hydrogen-bond acceptors (Lipinski definition) is 2. The van der Waals surface area contributed by atoms with Gasteiger partial charge in [-0.3, -0.25) is 4.79 Å². The van der Waals surface area contributed by atoms with E-state index in [0.29, 0.717) is 16.3 Å². The molecule has 3 nitrogen and oxygen atoms in total. The van der Waals surface area contributed by atoms with Gasteiger partial charge < -0.3 is 11.1 Å². The Balaban J connectivity index is 2.19. The Bertz CT molecular complexity index is 579. The van der Waals surface area contributed by atoms with Gasteiger partial charge in [0.2, 0.25) is 0 Å². The fraction of sp³-hybridized carbons (Fsp3) is 0.0714. The van der Waals surface area contributed by atoms with Crippen LogP contribution in [0.25, 0.3) is 0 Å². The number of benzene rings is 2. The lowest BCUT2D eigenvalue weighted by Gasteiger charge is -2.08. The third kappa shape index (κ3) is 2.81. The van der Waals surface area contributed by atoms with Crippen molar-refractivity contribution in [3.05, 3.63) is 58.6 Å². The molecule has 0 bridgehead atoms. The number of hydrogen-bond donors (Lipinski definition) is 2. The molecular formula is C14H13ClN2O. The number of rotatable bonds is 2. The van der Waals surface area contributed by atoms with Gasteiger partial charge in [0.15, 0.2) is 0 Å². The first-order valence-corrected chi connectivity index (χ1v) is 5.87. The number of nitrogen functional groups attached to an aromatic ring is 1. The molecule has 0 spiro atoms. The molecule has 2 rings (SSSR count). The third-order valence-electron chi connectivity index (χ3n) is 2.57. The third-order valence-corrected chi connectivity index (χ3v) is 2.80. The van der Waals surface area contributed by atoms with E-state index in [9.17, 15) is 4.79 Å². The molecule has 0 atom stereocenters. The zero-order valence-electron chi connectivity index (χ0n) is 9.91. The van der Waals surface area contributed by atoms with E-state index in [1.54, 1.807) is 18.2 Å². The number of halogens is 1. The Kier molecular flexibility index (Phi) is 3.53. The minimum absolute atomic E-state index is 0.243. The van der Waals surface area contributed by atoms with E-state index in [1.165, 1.54) is 0 Å². The van der Waals surface area contributed by atoms with E-state index in [0.717, 1.165) is 11.3 Å². The minimum Gasteiger partial charge on any atom is -0.398 e. The molecule has 2 aromatic carbocycles. The number of anilines is 2. The van der Waals surface area contributed by atoms with Crippen LogP contribution >= 0.6 is 11.6 Å². The fourth-order valence-corrected chi connectivity index (χ4v) is 1.76. The molecule has 0 unspecified atom stereocenters. The highest BCUT2D eigenvalue weighted by Gasteiger charge is 2.09. The van der Waals surface area contributed by atoms with Gasteiger partial charge in [-0.15, -0.1) is 0 Å². The Labute approximate surface area is 111 Å². The molecule has 3 N–H and O–H groups in total. The predicted octanol–water partition coefficient (Wildman–Crippen LogP) is 3.48. The molecule has 4 heteroatoms. The van der Waals surface area contributed by atoms with Crippen molar-refractivity contribution < 1.29 is 4.79 Å². The summed E-state index contributed by atoms with van der Waals surface area (Å²) in [6.45, 7) is 1.99. The summed E-state index contributed by atoms with van der Waals surface area (Å²) in [4.78, 5) is 12.0. The average Bonchev–Trinajstić information content (AvgIpc) is 2.32. The molecule has 0 aromatic heterocycles. The van der Waals surface area contributed by atoms with Crippen molar-refractivity contribution in [1.29, 1.82) is 0 Å². The number of amides is 1. The molecule has 0 aliphatic rings. The van der Waals surface area contributed by atoms with Crippen LogP contribution in [0.5, 0.6) is 0 Å². The first kappa shape index (κ1) is 12.5. The van der Waals surface area contributed by atoms with Crippen LogP contribution in [-0.4, -0.2) is 5.91 Å². The van der Waals surface area contributed by atoms with E-state index < -0.39 is 0 Å². The van der Waals surface area contributed by atoms with Crippen LogP contribution in [0.4, 0.5) is 11.4 Å². The van der Waals surface area contributed by atoms with Crippen molar-refractivity contribution in [3.63, 3.8) is 0 Å². The quantitative estimate of drug-likeness (QED) is 0.812. The SMILES string of the molecule is Cc1ccc(NC(=O)c2ccc(Cl)cc2N)cc1. The minimum atomic E-state index is -0.243. The van der Waals surface area contributed by atoms with Crippen LogP contribution in [0.1, 0.15) is 15.9 Å². The van der Waals surface area contributed by atoms with Gasteiger partial charge in [0.05, 0.1) is 5.56 Å². The Hall–Kier alpha value is -2.00. The zero-order chi connectivity index (χ0) is 13.1. The average molecular weight is 261 g/mol. The maximum Gasteiger partial charge on any atom is 0.257 e. The van der Waals surface area contributed by atoms with Crippen LogP contribution in [0, 0.1) is 6.92 Å². The molecule has 18 heavy (non-hydrogen) atoms. The first-order valence-electron chi connectivity index (χ1n) is 5.49. The maximum atomic E-state index is 12.0. The van der Waals surface area contributed by atoms with Crippen LogP contribution in [-0.2, 0) is 0 Å². The summed E-state index contributed by atoms with van der Waals surface area (Å²) < 4.78 is 0. The van der Waals surface area contributed by atoms with E-state index in [2.05, 4.69) is 5.32 Å². The van der Waals surface area contributed by atoms with Crippen LogP contribution in [0.2, 0.25) is 5.02 Å². The molecule has 0 saturated carbocycles. The monoisotopic (exact) mass is 260 g/mol. The van der Waals surface area contributed by atoms with Crippen molar-refractivity contribution in [2.24, 2.45) is 0 Å². The molecule has 0 aliphatic heterocycles. The topological polar surface area (TPSA) is 55.1 Å². The van der Waals surface area contributed by atoms with E-state index in [4.69, 9.17) is 17.3 Å². The van der Waals surface area contributed by atoms with Gasteiger partial charge in [-0.25, -0.2) is 0 Å². The normalized spacial score (nSPS) is 10.1. The van der Waals surface area contributed by atoms with Crippen molar-refractivity contribution in [3.8, 4) is 0 Å². The Morgan fingerprint density at radius 1 is 1.17 bits per heavy atom. The molecule has 0 radical (unpaired) electrons. The summed E-state index contributed by atoms with van der Waals surface area (Å²) in [5, 5.41) is 3.30. The highest BCUT2D eigenvalue weighted by Crippen LogP contribution is 2.19. The zero-order valence-corrected chi connectivity index (χ0v) is 10.7. The second kappa shape index (κ2) is 5.10. The molecule has 92 valence electrons. The highest BCUT2D eigenvalue weighted by molar-refractivity contribution is 6.31. The largest absolute Gasteiger partial charge is 0.398 e. The number of carbonyl (C=O) groups excluding carboxylic acids is 1. The second-order valence-corrected chi connectivity index (χ2v) is 4.49. The summed E-state index contributed by atoms with van der Waals surface area (Å²) in [5.41, 5.74) is 8.41. The molecule has 1 amide bonds. The van der Waals surface area contributed by atoms with Crippen molar-refractivity contribution >= 4 is 28.9 Å². The second-order valence-electron chi connectivity index (χ2n) is 4.05. The number of aryl methyl sites for hydroxylation is 1. The highest BCUT2D eigenvalue weighted by atomic mass is 35.5. The van der Waals surface area contributed by atoms with Gasteiger partial charge in [-0.05, 0) is 37.3 Å². The summed E-state index contributed by atoms with van der Waals surface area (Å²) in [5.74, 6) is -0.243. The standard InChI is InChI=1S/C14H13ClN2O/c1-9-2-5-11(6-3-9)17-14(18)12-7-4-10(15)8-13(12)16/h2-8H,16H2,1H3,(H,17,18). The lowest BCUT2D eigenvalue weighted by molar-refractivity contribution is 0.102. The van der Waals surface area contributed by atoms with Gasteiger partial charge in [0.1, 0.15) is 0 Å². The Morgan fingerprint density at radius 2 is 1.83 bits per heavy atom. The Morgan fingerprint density at radius 3 is 2.44 bits per heavy atom. The van der Waals surface area contributed by atoms with Gasteiger partial charge in [-0.2, -0.15) is 0 Å². The lowest BCUT2D eigenvalue weighted by atomic mass is 10.1. The summed E-state index contributed by atoms with van der Waals surface area (Å²) >= 11 is 5.79. The summed E-state index contributed by atoms with van der Waals surface area (Å²) in [6.07, 6.45) is 0. The van der Waals surface area contributed by atoms with Gasteiger partial charge in [-0.1, -0.05) is 29.3 Å². The van der Waals surface area contributed by atoms with Crippen molar-refractivity contribution in [2.75, 3.05) is 11.1 Å². The molecule has 0 saturated heterocycles. The van der Waals surface area contributed by atoms with Crippen LogP contribution < -0.4 is 11.1 Å². The van der Waals surface area contributed by atoms with E-state index in [-0.39, 0.29) is 5.91 Å². The van der Waals surface area contributed by atoms with E-state index in [1.807, 2.05) is 31.2 Å². The molecule has 0 aliphatic carbocycles. The summed E-state index contributed by atoms with van der Waals surface area (Å²) in [6, 6.07) is 12.4. The van der Waals surface area contributed by atoms with Crippen molar-refractivity contribution in [2.45, 2.75) is 6.92 Å². The summed E-state index contributed by atoms with van der Waals surface area (Å²) in [7, 11) is 0. The van der Waals surface area contributed by atoms with Gasteiger partial charge >= 0.3 is 0 Å². The van der Waals surface area contributed by atoms with Crippen LogP contribution in [0.15, 0.2) is 42.5 Å². The van der Waals surface area contributed by atoms with Crippen LogP contribution in [0.3, 0.4) is 0 Å². The van der Waals surface area contributed by atoms with Gasteiger partial charge in [0, 0.05) is 16.4 Å². The van der Waals surface area contributed by atoms with Gasteiger partial charge in [0.25, 0.3) is 5.91 Å². The first-order chi connectivity index (χ1) is 8.56. The predicted molar refractivity (Wildman–Crippen MR) is 75.0 cm³/mol. The smallest absolute Gasteiger partial charge is 0.257 e. The number of nitrogens with two attached hydrogens (primary N) is 1. The molecule has 0 heterocycles.